The van der Waals surface area contributed by atoms with E-state index in [1.807, 2.05) is 37.3 Å². The molecule has 0 aliphatic rings. The van der Waals surface area contributed by atoms with Gasteiger partial charge in [-0.3, -0.25) is 0 Å². The van der Waals surface area contributed by atoms with Gasteiger partial charge in [0.25, 0.3) is 0 Å². The smallest absolute Gasteiger partial charge is 0.319 e. The number of halogens is 1. The highest BCUT2D eigenvalue weighted by atomic mass is 35.5. The predicted octanol–water partition coefficient (Wildman–Crippen LogP) is 3.95. The topological polar surface area (TPSA) is 97.4 Å². The number of nitrogens with zero attached hydrogens (tertiary/aromatic N) is 2. The molecule has 9 heteroatoms. The SMILES string of the molecule is CCNC(=O)Nc1ccc(Nc2ncnc3cc(OC)c(OC)cc23)cc1.Cl. The maximum atomic E-state index is 11.6. The summed E-state index contributed by atoms with van der Waals surface area (Å²) >= 11 is 0. The maximum Gasteiger partial charge on any atom is 0.319 e. The van der Waals surface area contributed by atoms with Crippen LogP contribution in [0.15, 0.2) is 42.7 Å². The lowest BCUT2D eigenvalue weighted by atomic mass is 10.2. The van der Waals surface area contributed by atoms with Crippen molar-refractivity contribution in [2.24, 2.45) is 0 Å². The lowest BCUT2D eigenvalue weighted by Gasteiger charge is -2.12. The summed E-state index contributed by atoms with van der Waals surface area (Å²) < 4.78 is 10.7. The van der Waals surface area contributed by atoms with E-state index in [9.17, 15) is 4.79 Å². The molecular weight excluding hydrogens is 382 g/mol. The molecule has 0 saturated carbocycles. The molecule has 3 rings (SSSR count). The van der Waals surface area contributed by atoms with Crippen LogP contribution in [0, 0.1) is 0 Å². The summed E-state index contributed by atoms with van der Waals surface area (Å²) in [7, 11) is 3.17. The van der Waals surface area contributed by atoms with Crippen molar-refractivity contribution in [3.05, 3.63) is 42.7 Å². The van der Waals surface area contributed by atoms with Crippen LogP contribution in [0.25, 0.3) is 10.9 Å². The Kier molecular flexibility index (Phi) is 7.22. The monoisotopic (exact) mass is 403 g/mol. The van der Waals surface area contributed by atoms with Gasteiger partial charge in [-0.05, 0) is 37.3 Å². The number of aromatic nitrogens is 2. The maximum absolute atomic E-state index is 11.6. The van der Waals surface area contributed by atoms with Crippen LogP contribution in [0.2, 0.25) is 0 Å². The third-order valence-electron chi connectivity index (χ3n) is 3.88. The number of methoxy groups -OCH3 is 2. The number of carbonyl (C=O) groups is 1. The molecule has 3 aromatic rings. The number of rotatable bonds is 6. The Morgan fingerprint density at radius 3 is 2.29 bits per heavy atom. The van der Waals surface area contributed by atoms with Gasteiger partial charge in [0.15, 0.2) is 11.5 Å². The van der Waals surface area contributed by atoms with E-state index in [-0.39, 0.29) is 18.4 Å². The molecule has 0 bridgehead atoms. The van der Waals surface area contributed by atoms with Crippen molar-refractivity contribution in [3.63, 3.8) is 0 Å². The Morgan fingerprint density at radius 1 is 1.00 bits per heavy atom. The molecule has 0 aliphatic heterocycles. The van der Waals surface area contributed by atoms with Gasteiger partial charge in [0.1, 0.15) is 12.1 Å². The standard InChI is InChI=1S/C19H21N5O3.ClH/c1-4-20-19(25)24-13-7-5-12(6-8-13)23-18-14-9-16(26-2)17(27-3)10-15(14)21-11-22-18;/h5-11H,4H2,1-3H3,(H2,20,24,25)(H,21,22,23);1H. The molecule has 3 N–H and O–H groups in total. The van der Waals surface area contributed by atoms with E-state index in [0.717, 1.165) is 16.6 Å². The quantitative estimate of drug-likeness (QED) is 0.576. The van der Waals surface area contributed by atoms with E-state index in [4.69, 9.17) is 9.47 Å². The van der Waals surface area contributed by atoms with Gasteiger partial charge < -0.3 is 25.4 Å². The normalized spacial score (nSPS) is 9.96. The summed E-state index contributed by atoms with van der Waals surface area (Å²) in [5.74, 6) is 1.85. The van der Waals surface area contributed by atoms with E-state index in [1.54, 1.807) is 20.3 Å². The van der Waals surface area contributed by atoms with Crippen LogP contribution in [0.3, 0.4) is 0 Å². The molecule has 0 spiro atoms. The molecule has 2 aromatic carbocycles. The van der Waals surface area contributed by atoms with Gasteiger partial charge in [-0.15, -0.1) is 12.4 Å². The molecular formula is C19H22ClN5O3. The fraction of sp³-hybridized carbons (Fsp3) is 0.211. The lowest BCUT2D eigenvalue weighted by Crippen LogP contribution is -2.28. The van der Waals surface area contributed by atoms with E-state index >= 15 is 0 Å². The fourth-order valence-electron chi connectivity index (χ4n) is 2.59. The Labute approximate surface area is 169 Å². The minimum atomic E-state index is -0.235. The summed E-state index contributed by atoms with van der Waals surface area (Å²) in [6, 6.07) is 10.7. The van der Waals surface area contributed by atoms with Crippen molar-refractivity contribution in [2.75, 3.05) is 31.4 Å². The van der Waals surface area contributed by atoms with E-state index in [2.05, 4.69) is 25.9 Å². The van der Waals surface area contributed by atoms with Gasteiger partial charge in [0.2, 0.25) is 0 Å². The number of ether oxygens (including phenoxy) is 2. The molecule has 148 valence electrons. The molecule has 0 saturated heterocycles. The first kappa shape index (κ1) is 21.0. The van der Waals surface area contributed by atoms with Crippen LogP contribution in [0.4, 0.5) is 22.0 Å². The van der Waals surface area contributed by atoms with Crippen LogP contribution >= 0.6 is 12.4 Å². The van der Waals surface area contributed by atoms with E-state index in [0.29, 0.717) is 29.5 Å². The molecule has 1 heterocycles. The van der Waals surface area contributed by atoms with Gasteiger partial charge in [-0.25, -0.2) is 14.8 Å². The molecule has 2 amide bonds. The van der Waals surface area contributed by atoms with E-state index in [1.165, 1.54) is 6.33 Å². The molecule has 1 aromatic heterocycles. The van der Waals surface area contributed by atoms with Crippen molar-refractivity contribution < 1.29 is 14.3 Å². The fourth-order valence-corrected chi connectivity index (χ4v) is 2.59. The van der Waals surface area contributed by atoms with Crippen LogP contribution in [-0.4, -0.2) is 36.8 Å². The van der Waals surface area contributed by atoms with Crippen molar-refractivity contribution >= 4 is 46.5 Å². The third-order valence-corrected chi connectivity index (χ3v) is 3.88. The highest BCUT2D eigenvalue weighted by molar-refractivity contribution is 5.93. The number of carbonyl (C=O) groups excluding carboxylic acids is 1. The number of hydrogen-bond donors (Lipinski definition) is 3. The zero-order valence-electron chi connectivity index (χ0n) is 15.8. The minimum absolute atomic E-state index is 0. The second-order valence-electron chi connectivity index (χ2n) is 5.63. The largest absolute Gasteiger partial charge is 0.493 e. The molecule has 0 fully saturated rings. The van der Waals surface area contributed by atoms with E-state index < -0.39 is 0 Å². The van der Waals surface area contributed by atoms with Crippen LogP contribution in [0.5, 0.6) is 11.5 Å². The summed E-state index contributed by atoms with van der Waals surface area (Å²) in [6.45, 7) is 2.43. The van der Waals surface area contributed by atoms with Gasteiger partial charge >= 0.3 is 6.03 Å². The number of fused-ring (bicyclic) bond motifs is 1. The number of benzene rings is 2. The second kappa shape index (κ2) is 9.61. The number of nitrogens with one attached hydrogen (secondary N) is 3. The molecule has 0 unspecified atom stereocenters. The third kappa shape index (κ3) is 4.72. The summed E-state index contributed by atoms with van der Waals surface area (Å²) in [5.41, 5.74) is 2.26. The van der Waals surface area contributed by atoms with Crippen molar-refractivity contribution in [1.82, 2.24) is 15.3 Å². The van der Waals surface area contributed by atoms with Crippen LogP contribution in [0.1, 0.15) is 6.92 Å². The Bertz CT molecular complexity index is 950. The molecule has 0 atom stereocenters. The predicted molar refractivity (Wildman–Crippen MR) is 112 cm³/mol. The highest BCUT2D eigenvalue weighted by Gasteiger charge is 2.11. The summed E-state index contributed by atoms with van der Waals surface area (Å²) in [6.07, 6.45) is 1.49. The van der Waals surface area contributed by atoms with Crippen LogP contribution < -0.4 is 25.4 Å². The average Bonchev–Trinajstić information content (AvgIpc) is 2.68. The zero-order chi connectivity index (χ0) is 19.2. The average molecular weight is 404 g/mol. The lowest BCUT2D eigenvalue weighted by molar-refractivity contribution is 0.252. The second-order valence-corrected chi connectivity index (χ2v) is 5.63. The zero-order valence-corrected chi connectivity index (χ0v) is 16.6. The Hall–Kier alpha value is -3.26. The number of amides is 2. The van der Waals surface area contributed by atoms with Crippen molar-refractivity contribution in [2.45, 2.75) is 6.92 Å². The molecule has 8 nitrogen and oxygen atoms in total. The van der Waals surface area contributed by atoms with Crippen molar-refractivity contribution in [1.29, 1.82) is 0 Å². The van der Waals surface area contributed by atoms with Gasteiger partial charge in [0, 0.05) is 29.4 Å². The first-order valence-corrected chi connectivity index (χ1v) is 8.43. The van der Waals surface area contributed by atoms with Gasteiger partial charge in [-0.1, -0.05) is 0 Å². The van der Waals surface area contributed by atoms with Gasteiger partial charge in [-0.2, -0.15) is 0 Å². The first-order valence-electron chi connectivity index (χ1n) is 8.43. The number of urea groups is 1. The number of anilines is 3. The molecule has 0 aliphatic carbocycles. The number of hydrogen-bond acceptors (Lipinski definition) is 6. The summed E-state index contributed by atoms with van der Waals surface area (Å²) in [4.78, 5) is 20.2. The summed E-state index contributed by atoms with van der Waals surface area (Å²) in [5, 5.41) is 9.51. The highest BCUT2D eigenvalue weighted by Crippen LogP contribution is 2.34. The molecule has 28 heavy (non-hydrogen) atoms. The van der Waals surface area contributed by atoms with Gasteiger partial charge in [0.05, 0.1) is 19.7 Å². The van der Waals surface area contributed by atoms with Crippen LogP contribution in [-0.2, 0) is 0 Å². The Balaban J connectivity index is 0.00000280. The van der Waals surface area contributed by atoms with Crippen molar-refractivity contribution in [3.8, 4) is 11.5 Å². The first-order chi connectivity index (χ1) is 13.1. The Morgan fingerprint density at radius 2 is 1.64 bits per heavy atom. The molecule has 0 radical (unpaired) electrons. The minimum Gasteiger partial charge on any atom is -0.493 e.